The largest absolute Gasteiger partial charge is 0.309 e. The van der Waals surface area contributed by atoms with Crippen LogP contribution in [0.25, 0.3) is 86.3 Å². The van der Waals surface area contributed by atoms with Crippen LogP contribution in [-0.4, -0.2) is 9.13 Å². The number of aromatic nitrogens is 2. The van der Waals surface area contributed by atoms with E-state index >= 15 is 0 Å². The number of rotatable bonds is 3. The fraction of sp³-hybridized carbons (Fsp3) is 0. The van der Waals surface area contributed by atoms with E-state index in [9.17, 15) is 0 Å². The van der Waals surface area contributed by atoms with Gasteiger partial charge in [-0.3, -0.25) is 0 Å². The summed E-state index contributed by atoms with van der Waals surface area (Å²) in [5.41, 5.74) is 9.68. The van der Waals surface area contributed by atoms with Crippen LogP contribution in [0.15, 0.2) is 158 Å². The Hall–Kier alpha value is -5.64. The van der Waals surface area contributed by atoms with Crippen LogP contribution in [0.3, 0.4) is 0 Å². The summed E-state index contributed by atoms with van der Waals surface area (Å²) in [6.07, 6.45) is 0. The Morgan fingerprint density at radius 3 is 1.84 bits per heavy atom. The molecule has 0 saturated carbocycles. The van der Waals surface area contributed by atoms with Crippen LogP contribution < -0.4 is 0 Å². The second kappa shape index (κ2) is 9.43. The summed E-state index contributed by atoms with van der Waals surface area (Å²) in [7, 11) is 0. The summed E-state index contributed by atoms with van der Waals surface area (Å²) in [5, 5.41) is 7.80. The molecule has 2 nitrogen and oxygen atoms in total. The predicted octanol–water partition coefficient (Wildman–Crippen LogP) is 11.9. The third-order valence-electron chi connectivity index (χ3n) is 9.31. The van der Waals surface area contributed by atoms with E-state index < -0.39 is 0 Å². The topological polar surface area (TPSA) is 9.86 Å². The summed E-state index contributed by atoms with van der Waals surface area (Å²) in [4.78, 5) is 0. The summed E-state index contributed by atoms with van der Waals surface area (Å²) < 4.78 is 7.61. The number of fused-ring (bicyclic) bond motifs is 10. The van der Waals surface area contributed by atoms with Crippen LogP contribution in [0.5, 0.6) is 0 Å². The molecule has 0 atom stereocenters. The average Bonchev–Trinajstić information content (AvgIpc) is 3.76. The van der Waals surface area contributed by atoms with Crippen LogP contribution in [0.1, 0.15) is 0 Å². The van der Waals surface area contributed by atoms with Gasteiger partial charge >= 0.3 is 0 Å². The molecule has 3 heteroatoms. The fourth-order valence-corrected chi connectivity index (χ4v) is 8.67. The lowest BCUT2D eigenvalue weighted by Crippen LogP contribution is -1.97. The molecule has 10 aromatic rings. The van der Waals surface area contributed by atoms with Gasteiger partial charge in [0.1, 0.15) is 0 Å². The van der Waals surface area contributed by atoms with Gasteiger partial charge in [-0.05, 0) is 59.7 Å². The maximum absolute atomic E-state index is 2.49. The molecule has 0 aliphatic heterocycles. The molecule has 0 aliphatic rings. The van der Waals surface area contributed by atoms with Crippen LogP contribution in [0.4, 0.5) is 0 Å². The standard InChI is InChI=1S/C42H26N2S/c1-2-12-27(13-3-1)28-14-10-15-29(26-28)43-34-19-7-4-17-32(34)40-36(43)21-11-22-37(40)44-35-20-8-5-18-33(35)41-38(44)25-24-31-30-16-6-9-23-39(30)45-42(31)41/h1-26H. The molecule has 45 heavy (non-hydrogen) atoms. The van der Waals surface area contributed by atoms with Gasteiger partial charge in [-0.15, -0.1) is 11.3 Å². The van der Waals surface area contributed by atoms with Crippen LogP contribution in [0, 0.1) is 0 Å². The van der Waals surface area contributed by atoms with Crippen molar-refractivity contribution in [2.45, 2.75) is 0 Å². The van der Waals surface area contributed by atoms with Crippen molar-refractivity contribution >= 4 is 75.1 Å². The van der Waals surface area contributed by atoms with E-state index in [1.165, 1.54) is 80.6 Å². The maximum atomic E-state index is 2.49. The van der Waals surface area contributed by atoms with Crippen LogP contribution >= 0.6 is 11.3 Å². The minimum Gasteiger partial charge on any atom is -0.309 e. The zero-order chi connectivity index (χ0) is 29.5. The quantitative estimate of drug-likeness (QED) is 0.194. The molecule has 0 amide bonds. The van der Waals surface area contributed by atoms with Gasteiger partial charge in [0.25, 0.3) is 0 Å². The van der Waals surface area contributed by atoms with Crippen molar-refractivity contribution in [3.05, 3.63) is 158 Å². The minimum absolute atomic E-state index is 1.16. The van der Waals surface area contributed by atoms with Crippen molar-refractivity contribution in [2.75, 3.05) is 0 Å². The summed E-state index contributed by atoms with van der Waals surface area (Å²) >= 11 is 1.90. The molecule has 7 aromatic carbocycles. The van der Waals surface area contributed by atoms with E-state index in [1.54, 1.807) is 0 Å². The van der Waals surface area contributed by atoms with E-state index in [1.807, 2.05) is 11.3 Å². The van der Waals surface area contributed by atoms with Crippen molar-refractivity contribution < 1.29 is 0 Å². The highest BCUT2D eigenvalue weighted by molar-refractivity contribution is 7.26. The highest BCUT2D eigenvalue weighted by Gasteiger charge is 2.21. The third-order valence-corrected chi connectivity index (χ3v) is 10.5. The summed E-state index contributed by atoms with van der Waals surface area (Å²) in [6, 6.07) is 57.5. The van der Waals surface area contributed by atoms with Gasteiger partial charge in [0.2, 0.25) is 0 Å². The smallest absolute Gasteiger partial charge is 0.0562 e. The van der Waals surface area contributed by atoms with Gasteiger partial charge in [0, 0.05) is 47.4 Å². The Kier molecular flexibility index (Phi) is 5.19. The third kappa shape index (κ3) is 3.50. The molecule has 0 unspecified atom stereocenters. The molecular formula is C42H26N2S. The zero-order valence-electron chi connectivity index (χ0n) is 24.3. The number of thiophene rings is 1. The molecular weight excluding hydrogens is 565 g/mol. The van der Waals surface area contributed by atoms with Gasteiger partial charge < -0.3 is 9.13 Å². The SMILES string of the molecule is c1ccc(-c2cccc(-n3c4ccccc4c4c(-n5c6ccccc6c6c7sc8ccccc8c7ccc65)cccc43)c2)cc1. The lowest BCUT2D eigenvalue weighted by molar-refractivity contribution is 1.17. The first kappa shape index (κ1) is 24.8. The summed E-state index contributed by atoms with van der Waals surface area (Å²) in [5.74, 6) is 0. The van der Waals surface area contributed by atoms with Gasteiger partial charge in [-0.1, -0.05) is 109 Å². The van der Waals surface area contributed by atoms with Gasteiger partial charge in [0.15, 0.2) is 0 Å². The maximum Gasteiger partial charge on any atom is 0.0562 e. The minimum atomic E-state index is 1.16. The molecule has 0 radical (unpaired) electrons. The van der Waals surface area contributed by atoms with Crippen LogP contribution in [-0.2, 0) is 0 Å². The normalized spacial score (nSPS) is 12.0. The molecule has 0 N–H and O–H groups in total. The lowest BCUT2D eigenvalue weighted by Gasteiger charge is -2.12. The molecule has 0 saturated heterocycles. The Morgan fingerprint density at radius 2 is 1.00 bits per heavy atom. The van der Waals surface area contributed by atoms with E-state index in [0.29, 0.717) is 0 Å². The highest BCUT2D eigenvalue weighted by atomic mass is 32.1. The second-order valence-corrected chi connectivity index (χ2v) is 12.8. The van der Waals surface area contributed by atoms with E-state index in [2.05, 4.69) is 167 Å². The molecule has 3 heterocycles. The van der Waals surface area contributed by atoms with Crippen molar-refractivity contribution in [1.82, 2.24) is 9.13 Å². The first-order valence-corrected chi connectivity index (χ1v) is 16.2. The lowest BCUT2D eigenvalue weighted by atomic mass is 10.1. The monoisotopic (exact) mass is 590 g/mol. The Labute approximate surface area is 263 Å². The molecule has 210 valence electrons. The number of para-hydroxylation sites is 2. The molecule has 10 rings (SSSR count). The first-order valence-electron chi connectivity index (χ1n) is 15.4. The second-order valence-electron chi connectivity index (χ2n) is 11.7. The molecule has 0 aliphatic carbocycles. The Bertz CT molecular complexity index is 2760. The first-order chi connectivity index (χ1) is 22.3. The molecule has 0 bridgehead atoms. The van der Waals surface area contributed by atoms with Crippen molar-refractivity contribution in [2.24, 2.45) is 0 Å². The van der Waals surface area contributed by atoms with E-state index in [0.717, 1.165) is 5.69 Å². The van der Waals surface area contributed by atoms with E-state index in [4.69, 9.17) is 0 Å². The van der Waals surface area contributed by atoms with E-state index in [-0.39, 0.29) is 0 Å². The fourth-order valence-electron chi connectivity index (χ4n) is 7.41. The summed E-state index contributed by atoms with van der Waals surface area (Å²) in [6.45, 7) is 0. The number of benzene rings is 7. The molecule has 0 fully saturated rings. The number of hydrogen-bond donors (Lipinski definition) is 0. The molecule has 3 aromatic heterocycles. The van der Waals surface area contributed by atoms with Gasteiger partial charge in [0.05, 0.1) is 27.8 Å². The number of nitrogens with zero attached hydrogens (tertiary/aromatic N) is 2. The Balaban J connectivity index is 1.31. The number of hydrogen-bond acceptors (Lipinski definition) is 1. The highest BCUT2D eigenvalue weighted by Crippen LogP contribution is 2.45. The van der Waals surface area contributed by atoms with Gasteiger partial charge in [-0.2, -0.15) is 0 Å². The van der Waals surface area contributed by atoms with Gasteiger partial charge in [-0.25, -0.2) is 0 Å². The van der Waals surface area contributed by atoms with Crippen LogP contribution in [0.2, 0.25) is 0 Å². The zero-order valence-corrected chi connectivity index (χ0v) is 25.1. The Morgan fingerprint density at radius 1 is 0.378 bits per heavy atom. The molecule has 0 spiro atoms. The average molecular weight is 591 g/mol. The predicted molar refractivity (Wildman–Crippen MR) is 193 cm³/mol. The van der Waals surface area contributed by atoms with Crippen molar-refractivity contribution in [3.8, 4) is 22.5 Å². The van der Waals surface area contributed by atoms with Crippen molar-refractivity contribution in [1.29, 1.82) is 0 Å². The van der Waals surface area contributed by atoms with Crippen molar-refractivity contribution in [3.63, 3.8) is 0 Å².